The molecule has 0 saturated carbocycles. The topological polar surface area (TPSA) is 25.8 Å². The third-order valence-corrected chi connectivity index (χ3v) is 3.11. The van der Waals surface area contributed by atoms with Crippen molar-refractivity contribution in [3.8, 4) is 11.4 Å². The molecule has 0 N–H and O–H groups in total. The summed E-state index contributed by atoms with van der Waals surface area (Å²) in [6, 6.07) is 7.81. The Morgan fingerprint density at radius 2 is 1.55 bits per heavy atom. The van der Waals surface area contributed by atoms with Crippen molar-refractivity contribution < 1.29 is 13.2 Å². The molecule has 2 nitrogen and oxygen atoms in total. The van der Waals surface area contributed by atoms with Crippen LogP contribution in [0.4, 0.5) is 13.2 Å². The van der Waals surface area contributed by atoms with Gasteiger partial charge < -0.3 is 0 Å². The summed E-state index contributed by atoms with van der Waals surface area (Å²) in [5.74, 6) is -2.90. The van der Waals surface area contributed by atoms with E-state index in [1.54, 1.807) is 6.07 Å². The van der Waals surface area contributed by atoms with E-state index in [0.29, 0.717) is 5.39 Å². The van der Waals surface area contributed by atoms with Crippen LogP contribution in [0.25, 0.3) is 22.3 Å². The summed E-state index contributed by atoms with van der Waals surface area (Å²) in [5.41, 5.74) is -0.205. The number of hydrogen-bond acceptors (Lipinski definition) is 2. The number of para-hydroxylation sites is 1. The van der Waals surface area contributed by atoms with Crippen LogP contribution in [0.1, 0.15) is 0 Å². The molecule has 1 aromatic heterocycles. The van der Waals surface area contributed by atoms with Gasteiger partial charge >= 0.3 is 0 Å². The number of aromatic nitrogens is 2. The van der Waals surface area contributed by atoms with Crippen LogP contribution >= 0.6 is 11.6 Å². The number of hydrogen-bond donors (Lipinski definition) is 0. The highest BCUT2D eigenvalue weighted by Gasteiger charge is 2.15. The molecule has 3 aromatic rings. The Morgan fingerprint density at radius 3 is 2.35 bits per heavy atom. The van der Waals surface area contributed by atoms with E-state index in [2.05, 4.69) is 9.97 Å². The lowest BCUT2D eigenvalue weighted by atomic mass is 10.1. The van der Waals surface area contributed by atoms with Crippen molar-refractivity contribution in [3.63, 3.8) is 0 Å². The van der Waals surface area contributed by atoms with Gasteiger partial charge in [0.05, 0.1) is 5.56 Å². The fourth-order valence-electron chi connectivity index (χ4n) is 1.88. The van der Waals surface area contributed by atoms with E-state index in [-0.39, 0.29) is 22.1 Å². The maximum atomic E-state index is 13.7. The van der Waals surface area contributed by atoms with Crippen LogP contribution in [0, 0.1) is 17.5 Å². The van der Waals surface area contributed by atoms with Crippen LogP contribution in [0.3, 0.4) is 0 Å². The molecule has 0 aliphatic heterocycles. The SMILES string of the molecule is Fc1cccc(-c2nc(Cl)c3cccc(F)c3n2)c1F. The molecule has 20 heavy (non-hydrogen) atoms. The van der Waals surface area contributed by atoms with Crippen LogP contribution in [0.15, 0.2) is 36.4 Å². The molecule has 6 heteroatoms. The summed E-state index contributed by atoms with van der Waals surface area (Å²) < 4.78 is 40.7. The van der Waals surface area contributed by atoms with Gasteiger partial charge in [-0.1, -0.05) is 23.7 Å². The molecule has 0 atom stereocenters. The molecule has 100 valence electrons. The molecule has 0 amide bonds. The van der Waals surface area contributed by atoms with E-state index in [1.165, 1.54) is 24.3 Å². The van der Waals surface area contributed by atoms with Crippen LogP contribution < -0.4 is 0 Å². The van der Waals surface area contributed by atoms with Gasteiger partial charge in [0.15, 0.2) is 17.5 Å². The molecule has 0 fully saturated rings. The highest BCUT2D eigenvalue weighted by Crippen LogP contribution is 2.28. The average molecular weight is 295 g/mol. The first kappa shape index (κ1) is 12.9. The second-order valence-electron chi connectivity index (χ2n) is 4.08. The summed E-state index contributed by atoms with van der Waals surface area (Å²) in [6.07, 6.45) is 0. The molecular formula is C14H6ClF3N2. The third-order valence-electron chi connectivity index (χ3n) is 2.82. The summed E-state index contributed by atoms with van der Waals surface area (Å²) in [5, 5.41) is 0.292. The fourth-order valence-corrected chi connectivity index (χ4v) is 2.11. The summed E-state index contributed by atoms with van der Waals surface area (Å²) in [6.45, 7) is 0. The van der Waals surface area contributed by atoms with Gasteiger partial charge in [-0.3, -0.25) is 0 Å². The lowest BCUT2D eigenvalue weighted by Gasteiger charge is -2.06. The minimum absolute atomic E-state index is 0.0202. The first-order chi connectivity index (χ1) is 9.58. The monoisotopic (exact) mass is 294 g/mol. The zero-order valence-electron chi connectivity index (χ0n) is 9.87. The Balaban J connectivity index is 2.33. The second kappa shape index (κ2) is 4.76. The van der Waals surface area contributed by atoms with Crippen LogP contribution in [0.5, 0.6) is 0 Å². The minimum Gasteiger partial charge on any atom is -0.225 e. The Labute approximate surface area is 116 Å². The maximum absolute atomic E-state index is 13.7. The molecular weight excluding hydrogens is 289 g/mol. The lowest BCUT2D eigenvalue weighted by molar-refractivity contribution is 0.510. The van der Waals surface area contributed by atoms with Crippen molar-refractivity contribution in [3.05, 3.63) is 59.0 Å². The average Bonchev–Trinajstić information content (AvgIpc) is 2.43. The molecule has 2 aromatic carbocycles. The molecule has 1 heterocycles. The third kappa shape index (κ3) is 2.00. The van der Waals surface area contributed by atoms with Gasteiger partial charge in [0, 0.05) is 5.39 Å². The van der Waals surface area contributed by atoms with E-state index in [1.807, 2.05) is 0 Å². The predicted octanol–water partition coefficient (Wildman–Crippen LogP) is 4.37. The highest BCUT2D eigenvalue weighted by molar-refractivity contribution is 6.34. The van der Waals surface area contributed by atoms with Crippen LogP contribution in [-0.2, 0) is 0 Å². The molecule has 3 rings (SSSR count). The normalized spacial score (nSPS) is 11.0. The molecule has 0 spiro atoms. The maximum Gasteiger partial charge on any atom is 0.169 e. The first-order valence-electron chi connectivity index (χ1n) is 5.64. The predicted molar refractivity (Wildman–Crippen MR) is 69.9 cm³/mol. The van der Waals surface area contributed by atoms with Crippen molar-refractivity contribution >= 4 is 22.5 Å². The number of halogens is 4. The van der Waals surface area contributed by atoms with E-state index >= 15 is 0 Å². The number of benzene rings is 2. The largest absolute Gasteiger partial charge is 0.225 e. The molecule has 0 bridgehead atoms. The van der Waals surface area contributed by atoms with Gasteiger partial charge in [-0.05, 0) is 24.3 Å². The Bertz CT molecular complexity index is 821. The summed E-state index contributed by atoms with van der Waals surface area (Å²) in [7, 11) is 0. The molecule has 0 aliphatic carbocycles. The second-order valence-corrected chi connectivity index (χ2v) is 4.43. The van der Waals surface area contributed by atoms with Gasteiger partial charge in [0.2, 0.25) is 0 Å². The van der Waals surface area contributed by atoms with Crippen molar-refractivity contribution in [1.29, 1.82) is 0 Å². The number of rotatable bonds is 1. The van der Waals surface area contributed by atoms with Crippen molar-refractivity contribution in [2.75, 3.05) is 0 Å². The Morgan fingerprint density at radius 1 is 0.850 bits per heavy atom. The van der Waals surface area contributed by atoms with Crippen molar-refractivity contribution in [2.45, 2.75) is 0 Å². The first-order valence-corrected chi connectivity index (χ1v) is 6.02. The quantitative estimate of drug-likeness (QED) is 0.623. The summed E-state index contributed by atoms with van der Waals surface area (Å²) in [4.78, 5) is 7.83. The molecule has 0 radical (unpaired) electrons. The Hall–Kier alpha value is -2.14. The highest BCUT2D eigenvalue weighted by atomic mass is 35.5. The molecule has 0 unspecified atom stereocenters. The minimum atomic E-state index is -1.10. The van der Waals surface area contributed by atoms with Crippen molar-refractivity contribution in [2.24, 2.45) is 0 Å². The fraction of sp³-hybridized carbons (Fsp3) is 0. The van der Waals surface area contributed by atoms with Crippen LogP contribution in [0.2, 0.25) is 5.15 Å². The van der Waals surface area contributed by atoms with Gasteiger partial charge in [-0.15, -0.1) is 0 Å². The van der Waals surface area contributed by atoms with Crippen LogP contribution in [-0.4, -0.2) is 9.97 Å². The lowest BCUT2D eigenvalue weighted by Crippen LogP contribution is -1.97. The van der Waals surface area contributed by atoms with Gasteiger partial charge in [-0.25, -0.2) is 23.1 Å². The van der Waals surface area contributed by atoms with E-state index in [9.17, 15) is 13.2 Å². The van der Waals surface area contributed by atoms with Gasteiger partial charge in [-0.2, -0.15) is 0 Å². The van der Waals surface area contributed by atoms with Crippen molar-refractivity contribution in [1.82, 2.24) is 9.97 Å². The Kier molecular flexibility index (Phi) is 3.06. The number of fused-ring (bicyclic) bond motifs is 1. The molecule has 0 saturated heterocycles. The van der Waals surface area contributed by atoms with E-state index in [0.717, 1.165) is 6.07 Å². The standard InChI is InChI=1S/C14H6ClF3N2/c15-13-8-4-2-6-10(17)12(8)19-14(20-13)7-3-1-5-9(16)11(7)18/h1-6H. The zero-order chi connectivity index (χ0) is 14.3. The zero-order valence-corrected chi connectivity index (χ0v) is 10.6. The van der Waals surface area contributed by atoms with Gasteiger partial charge in [0.1, 0.15) is 16.5 Å². The summed E-state index contributed by atoms with van der Waals surface area (Å²) >= 11 is 5.94. The van der Waals surface area contributed by atoms with E-state index < -0.39 is 17.5 Å². The smallest absolute Gasteiger partial charge is 0.169 e. The number of nitrogens with zero attached hydrogens (tertiary/aromatic N) is 2. The van der Waals surface area contributed by atoms with Gasteiger partial charge in [0.25, 0.3) is 0 Å². The molecule has 0 aliphatic rings. The van der Waals surface area contributed by atoms with E-state index in [4.69, 9.17) is 11.6 Å².